The van der Waals surface area contributed by atoms with Crippen molar-refractivity contribution in [2.75, 3.05) is 34.8 Å². The Morgan fingerprint density at radius 1 is 1.27 bits per heavy atom. The van der Waals surface area contributed by atoms with E-state index in [9.17, 15) is 10.1 Å². The monoisotopic (exact) mass is 447 g/mol. The van der Waals surface area contributed by atoms with Crippen molar-refractivity contribution >= 4 is 23.2 Å². The molecule has 1 saturated heterocycles. The minimum Gasteiger partial charge on any atom is -0.459 e. The number of aromatic nitrogens is 1. The molecule has 4 rings (SSSR count). The van der Waals surface area contributed by atoms with Gasteiger partial charge in [-0.2, -0.15) is 10.2 Å². The van der Waals surface area contributed by atoms with Crippen LogP contribution < -0.4 is 15.1 Å². The van der Waals surface area contributed by atoms with E-state index >= 15 is 0 Å². The van der Waals surface area contributed by atoms with Crippen molar-refractivity contribution in [2.45, 2.75) is 39.7 Å². The van der Waals surface area contributed by atoms with Crippen LogP contribution in [0.4, 0.5) is 17.3 Å². The van der Waals surface area contributed by atoms with E-state index in [1.165, 1.54) is 6.26 Å². The summed E-state index contributed by atoms with van der Waals surface area (Å²) in [4.78, 5) is 21.4. The van der Waals surface area contributed by atoms with E-state index in [0.717, 1.165) is 17.9 Å². The summed E-state index contributed by atoms with van der Waals surface area (Å²) in [6, 6.07) is 14.0. The number of nitriles is 1. The number of benzene rings is 1. The van der Waals surface area contributed by atoms with Crippen molar-refractivity contribution in [3.05, 3.63) is 48.4 Å². The predicted molar refractivity (Wildman–Crippen MR) is 127 cm³/mol. The Bertz CT molecular complexity index is 1100. The van der Waals surface area contributed by atoms with Crippen LogP contribution in [0.2, 0.25) is 0 Å². The third kappa shape index (κ3) is 4.87. The molecular weight excluding hydrogens is 418 g/mol. The largest absolute Gasteiger partial charge is 0.459 e. The molecule has 8 heteroatoms. The van der Waals surface area contributed by atoms with Crippen LogP contribution >= 0.6 is 0 Å². The molecule has 0 aliphatic carbocycles. The molecular formula is C25H29N5O3. The number of piperidine rings is 1. The van der Waals surface area contributed by atoms with Gasteiger partial charge >= 0.3 is 0 Å². The number of hydrogen-bond donors (Lipinski definition) is 1. The van der Waals surface area contributed by atoms with Gasteiger partial charge in [0.25, 0.3) is 5.89 Å². The van der Waals surface area contributed by atoms with Gasteiger partial charge in [0.05, 0.1) is 6.26 Å². The molecule has 1 amide bonds. The second kappa shape index (κ2) is 9.82. The van der Waals surface area contributed by atoms with Gasteiger partial charge in [0, 0.05) is 43.0 Å². The fourth-order valence-corrected chi connectivity index (χ4v) is 4.28. The Labute approximate surface area is 193 Å². The SMILES string of the molecule is CCN(c1ccc(NC(=O)C2CCN(c3oc(-c4ccco4)nc3C#N)CC2)cc1)C(C)C. The lowest BCUT2D eigenvalue weighted by Crippen LogP contribution is -2.38. The molecule has 3 heterocycles. The van der Waals surface area contributed by atoms with E-state index in [1.807, 2.05) is 29.2 Å². The Morgan fingerprint density at radius 3 is 2.58 bits per heavy atom. The Morgan fingerprint density at radius 2 is 2.00 bits per heavy atom. The first-order valence-electron chi connectivity index (χ1n) is 11.4. The summed E-state index contributed by atoms with van der Waals surface area (Å²) < 4.78 is 11.2. The molecule has 3 aromatic rings. The van der Waals surface area contributed by atoms with Crippen LogP contribution in [0.5, 0.6) is 0 Å². The molecule has 2 aromatic heterocycles. The number of anilines is 3. The molecule has 1 aliphatic heterocycles. The second-order valence-electron chi connectivity index (χ2n) is 8.44. The third-order valence-electron chi connectivity index (χ3n) is 6.03. The fourth-order valence-electron chi connectivity index (χ4n) is 4.28. The molecule has 0 saturated carbocycles. The van der Waals surface area contributed by atoms with Crippen LogP contribution in [-0.4, -0.2) is 36.6 Å². The topological polar surface area (TPSA) is 98.5 Å². The van der Waals surface area contributed by atoms with Gasteiger partial charge in [-0.1, -0.05) is 0 Å². The van der Waals surface area contributed by atoms with E-state index in [4.69, 9.17) is 8.83 Å². The average molecular weight is 448 g/mol. The maximum absolute atomic E-state index is 12.8. The molecule has 8 nitrogen and oxygen atoms in total. The van der Waals surface area contributed by atoms with Crippen molar-refractivity contribution in [3.8, 4) is 17.7 Å². The molecule has 1 aliphatic rings. The van der Waals surface area contributed by atoms with Crippen molar-refractivity contribution in [1.82, 2.24) is 4.98 Å². The quantitative estimate of drug-likeness (QED) is 0.550. The highest BCUT2D eigenvalue weighted by atomic mass is 16.4. The summed E-state index contributed by atoms with van der Waals surface area (Å²) in [6.45, 7) is 8.63. The van der Waals surface area contributed by atoms with Crippen molar-refractivity contribution in [3.63, 3.8) is 0 Å². The van der Waals surface area contributed by atoms with Gasteiger partial charge in [-0.3, -0.25) is 4.79 Å². The highest BCUT2D eigenvalue weighted by molar-refractivity contribution is 5.92. The minimum atomic E-state index is -0.0956. The Hall–Kier alpha value is -3.73. The lowest BCUT2D eigenvalue weighted by Gasteiger charge is -2.31. The van der Waals surface area contributed by atoms with Crippen LogP contribution in [0.3, 0.4) is 0 Å². The number of oxazole rings is 1. The lowest BCUT2D eigenvalue weighted by molar-refractivity contribution is -0.120. The zero-order chi connectivity index (χ0) is 23.4. The lowest BCUT2D eigenvalue weighted by atomic mass is 9.96. The van der Waals surface area contributed by atoms with Gasteiger partial charge in [0.15, 0.2) is 5.76 Å². The molecule has 172 valence electrons. The van der Waals surface area contributed by atoms with E-state index in [0.29, 0.717) is 43.6 Å². The fraction of sp³-hybridized carbons (Fsp3) is 0.400. The van der Waals surface area contributed by atoms with Crippen LogP contribution in [-0.2, 0) is 4.79 Å². The number of carbonyl (C=O) groups excluding carboxylic acids is 1. The minimum absolute atomic E-state index is 0.0213. The van der Waals surface area contributed by atoms with Gasteiger partial charge < -0.3 is 24.0 Å². The normalized spacial score (nSPS) is 14.3. The number of hydrogen-bond acceptors (Lipinski definition) is 7. The molecule has 0 radical (unpaired) electrons. The van der Waals surface area contributed by atoms with Gasteiger partial charge in [-0.05, 0) is 70.0 Å². The molecule has 0 atom stereocenters. The van der Waals surface area contributed by atoms with Crippen molar-refractivity contribution in [1.29, 1.82) is 5.26 Å². The summed E-state index contributed by atoms with van der Waals surface area (Å²) in [5, 5.41) is 12.5. The molecule has 1 fully saturated rings. The van der Waals surface area contributed by atoms with Crippen molar-refractivity contribution in [2.24, 2.45) is 5.92 Å². The zero-order valence-electron chi connectivity index (χ0n) is 19.2. The van der Waals surface area contributed by atoms with E-state index in [-0.39, 0.29) is 23.4 Å². The first kappa shape index (κ1) is 22.5. The number of amides is 1. The predicted octanol–water partition coefficient (Wildman–Crippen LogP) is 4.90. The van der Waals surface area contributed by atoms with Crippen LogP contribution in [0, 0.1) is 17.2 Å². The van der Waals surface area contributed by atoms with Crippen molar-refractivity contribution < 1.29 is 13.6 Å². The zero-order valence-corrected chi connectivity index (χ0v) is 19.2. The maximum Gasteiger partial charge on any atom is 0.266 e. The first-order valence-corrected chi connectivity index (χ1v) is 11.4. The van der Waals surface area contributed by atoms with Gasteiger partial charge in [0.2, 0.25) is 17.5 Å². The Balaban J connectivity index is 1.36. The van der Waals surface area contributed by atoms with E-state index in [2.05, 4.69) is 42.0 Å². The smallest absolute Gasteiger partial charge is 0.266 e. The van der Waals surface area contributed by atoms with Crippen LogP contribution in [0.1, 0.15) is 39.3 Å². The molecule has 1 aromatic carbocycles. The Kier molecular flexibility index (Phi) is 6.68. The van der Waals surface area contributed by atoms with Gasteiger partial charge in [0.1, 0.15) is 6.07 Å². The third-order valence-corrected chi connectivity index (χ3v) is 6.03. The first-order chi connectivity index (χ1) is 16.0. The molecule has 0 spiro atoms. The molecule has 1 N–H and O–H groups in total. The van der Waals surface area contributed by atoms with Crippen LogP contribution in [0.25, 0.3) is 11.7 Å². The highest BCUT2D eigenvalue weighted by Gasteiger charge is 2.29. The van der Waals surface area contributed by atoms with E-state index in [1.54, 1.807) is 12.1 Å². The van der Waals surface area contributed by atoms with Crippen LogP contribution in [0.15, 0.2) is 51.5 Å². The summed E-state index contributed by atoms with van der Waals surface area (Å²) in [7, 11) is 0. The maximum atomic E-state index is 12.8. The summed E-state index contributed by atoms with van der Waals surface area (Å²) in [6.07, 6.45) is 2.87. The number of carbonyl (C=O) groups is 1. The highest BCUT2D eigenvalue weighted by Crippen LogP contribution is 2.31. The van der Waals surface area contributed by atoms with Gasteiger partial charge in [-0.25, -0.2) is 0 Å². The summed E-state index contributed by atoms with van der Waals surface area (Å²) in [5.74, 6) is 1.13. The summed E-state index contributed by atoms with van der Waals surface area (Å²) >= 11 is 0. The van der Waals surface area contributed by atoms with E-state index < -0.39 is 0 Å². The number of nitrogens with one attached hydrogen (secondary N) is 1. The van der Waals surface area contributed by atoms with Gasteiger partial charge in [-0.15, -0.1) is 0 Å². The molecule has 0 bridgehead atoms. The molecule has 33 heavy (non-hydrogen) atoms. The summed E-state index contributed by atoms with van der Waals surface area (Å²) in [5.41, 5.74) is 2.18. The number of nitrogens with zero attached hydrogens (tertiary/aromatic N) is 4. The standard InChI is InChI=1S/C25H29N5O3/c1-4-30(17(2)3)20-9-7-19(8-10-20)27-23(31)18-11-13-29(14-12-18)25-21(16-26)28-24(33-25)22-6-5-15-32-22/h5-10,15,17-18H,4,11-14H2,1-3H3,(H,27,31). The number of furan rings is 1. The second-order valence-corrected chi connectivity index (χ2v) is 8.44. The average Bonchev–Trinajstić information content (AvgIpc) is 3.50. The number of rotatable bonds is 7. The molecule has 0 unspecified atom stereocenters.